The normalized spacial score (nSPS) is 12.8. The smallest absolute Gasteiger partial charge is 0.408 e. The van der Waals surface area contributed by atoms with Gasteiger partial charge in [-0.2, -0.15) is 0 Å². The van der Waals surface area contributed by atoms with Gasteiger partial charge in [-0.1, -0.05) is 0 Å². The highest BCUT2D eigenvalue weighted by Gasteiger charge is 2.24. The van der Waals surface area contributed by atoms with Crippen LogP contribution in [0.1, 0.15) is 26.5 Å². The lowest BCUT2D eigenvalue weighted by molar-refractivity contribution is -0.139. The number of alkyl carbamates (subject to hydrolysis) is 1. The van der Waals surface area contributed by atoms with Crippen molar-refractivity contribution < 1.29 is 19.4 Å². The molecule has 0 spiro atoms. The maximum Gasteiger partial charge on any atom is 0.408 e. The van der Waals surface area contributed by atoms with Crippen molar-refractivity contribution in [1.29, 1.82) is 0 Å². The minimum absolute atomic E-state index is 0.182. The number of aromatic nitrogens is 1. The van der Waals surface area contributed by atoms with E-state index in [1.54, 1.807) is 39.1 Å². The van der Waals surface area contributed by atoms with Crippen LogP contribution in [0.5, 0.6) is 0 Å². The Morgan fingerprint density at radius 1 is 1.50 bits per heavy atom. The lowest BCUT2D eigenvalue weighted by Gasteiger charge is -2.21. The summed E-state index contributed by atoms with van der Waals surface area (Å²) in [5.74, 6) is -1.10. The third kappa shape index (κ3) is 4.90. The van der Waals surface area contributed by atoms with Crippen LogP contribution in [0.2, 0.25) is 0 Å². The van der Waals surface area contributed by atoms with E-state index in [2.05, 4.69) is 10.3 Å². The molecule has 1 atom stereocenters. The Hall–Kier alpha value is -1.98. The number of hydrogen-bond acceptors (Lipinski definition) is 3. The van der Waals surface area contributed by atoms with Crippen molar-refractivity contribution in [1.82, 2.24) is 10.3 Å². The van der Waals surface area contributed by atoms with Crippen molar-refractivity contribution in [2.24, 2.45) is 0 Å². The van der Waals surface area contributed by atoms with Crippen LogP contribution >= 0.6 is 0 Å². The topological polar surface area (TPSA) is 91.4 Å². The van der Waals surface area contributed by atoms with Gasteiger partial charge in [-0.25, -0.2) is 9.59 Å². The Kier molecular flexibility index (Phi) is 4.36. The molecule has 0 aliphatic carbocycles. The summed E-state index contributed by atoms with van der Waals surface area (Å²) >= 11 is 0. The molecule has 6 nitrogen and oxygen atoms in total. The van der Waals surface area contributed by atoms with Gasteiger partial charge < -0.3 is 20.1 Å². The molecule has 0 bridgehead atoms. The maximum atomic E-state index is 11.5. The fourth-order valence-electron chi connectivity index (χ4n) is 1.36. The van der Waals surface area contributed by atoms with Crippen molar-refractivity contribution in [2.75, 3.05) is 0 Å². The van der Waals surface area contributed by atoms with Gasteiger partial charge in [-0.3, -0.25) is 0 Å². The molecule has 0 radical (unpaired) electrons. The molecule has 0 fully saturated rings. The third-order valence-corrected chi connectivity index (χ3v) is 2.08. The summed E-state index contributed by atoms with van der Waals surface area (Å²) in [6.45, 7) is 5.15. The highest BCUT2D eigenvalue weighted by molar-refractivity contribution is 5.80. The van der Waals surface area contributed by atoms with Crippen molar-refractivity contribution in [3.05, 3.63) is 24.0 Å². The molecule has 0 aromatic carbocycles. The van der Waals surface area contributed by atoms with Crippen LogP contribution in [0.3, 0.4) is 0 Å². The number of aromatic amines is 1. The van der Waals surface area contributed by atoms with Crippen LogP contribution in [-0.4, -0.2) is 33.8 Å². The summed E-state index contributed by atoms with van der Waals surface area (Å²) in [5, 5.41) is 11.4. The molecule has 0 aliphatic rings. The van der Waals surface area contributed by atoms with Gasteiger partial charge in [0, 0.05) is 18.3 Å². The predicted molar refractivity (Wildman–Crippen MR) is 65.3 cm³/mol. The molecule has 0 saturated carbocycles. The highest BCUT2D eigenvalue weighted by Crippen LogP contribution is 2.08. The molecule has 0 unspecified atom stereocenters. The molecule has 18 heavy (non-hydrogen) atoms. The van der Waals surface area contributed by atoms with Crippen LogP contribution in [0.15, 0.2) is 18.3 Å². The second-order valence-electron chi connectivity index (χ2n) is 4.94. The zero-order valence-electron chi connectivity index (χ0n) is 10.7. The molecule has 3 N–H and O–H groups in total. The van der Waals surface area contributed by atoms with Gasteiger partial charge in [0.25, 0.3) is 0 Å². The van der Waals surface area contributed by atoms with E-state index in [1.165, 1.54) is 0 Å². The number of ether oxygens (including phenoxy) is 1. The van der Waals surface area contributed by atoms with E-state index in [0.717, 1.165) is 5.69 Å². The summed E-state index contributed by atoms with van der Waals surface area (Å²) in [6.07, 6.45) is 1.14. The van der Waals surface area contributed by atoms with E-state index in [1.807, 2.05) is 0 Å². The molecule has 100 valence electrons. The molecule has 1 aromatic heterocycles. The monoisotopic (exact) mass is 254 g/mol. The molecule has 1 amide bonds. The summed E-state index contributed by atoms with van der Waals surface area (Å²) in [5.41, 5.74) is 0.0815. The minimum atomic E-state index is -1.10. The summed E-state index contributed by atoms with van der Waals surface area (Å²) in [6, 6.07) is 2.51. The van der Waals surface area contributed by atoms with Gasteiger partial charge in [-0.05, 0) is 32.9 Å². The van der Waals surface area contributed by atoms with E-state index < -0.39 is 23.7 Å². The van der Waals surface area contributed by atoms with Gasteiger partial charge in [0.15, 0.2) is 0 Å². The summed E-state index contributed by atoms with van der Waals surface area (Å²) in [4.78, 5) is 25.4. The predicted octanol–water partition coefficient (Wildman–Crippen LogP) is 1.54. The number of carbonyl (C=O) groups excluding carboxylic acids is 1. The average molecular weight is 254 g/mol. The van der Waals surface area contributed by atoms with E-state index in [-0.39, 0.29) is 6.42 Å². The van der Waals surface area contributed by atoms with Crippen LogP contribution in [-0.2, 0) is 16.0 Å². The number of carbonyl (C=O) groups is 2. The number of H-pyrrole nitrogens is 1. The number of carboxylic acid groups (broad SMARTS) is 1. The largest absolute Gasteiger partial charge is 0.480 e. The molecule has 0 saturated heterocycles. The highest BCUT2D eigenvalue weighted by atomic mass is 16.6. The number of rotatable bonds is 4. The fraction of sp³-hybridized carbons (Fsp3) is 0.500. The van der Waals surface area contributed by atoms with Crippen molar-refractivity contribution in [2.45, 2.75) is 38.8 Å². The average Bonchev–Trinajstić information content (AvgIpc) is 2.66. The lowest BCUT2D eigenvalue weighted by atomic mass is 10.1. The SMILES string of the molecule is CC(C)(C)OC(=O)N[C@H](Cc1ccc[nH]1)C(=O)O. The Balaban J connectivity index is 2.58. The van der Waals surface area contributed by atoms with Gasteiger partial charge in [-0.15, -0.1) is 0 Å². The van der Waals surface area contributed by atoms with Crippen LogP contribution in [0.25, 0.3) is 0 Å². The number of hydrogen-bond donors (Lipinski definition) is 3. The first-order valence-electron chi connectivity index (χ1n) is 5.62. The third-order valence-electron chi connectivity index (χ3n) is 2.08. The van der Waals surface area contributed by atoms with Gasteiger partial charge >= 0.3 is 12.1 Å². The zero-order chi connectivity index (χ0) is 13.8. The first-order chi connectivity index (χ1) is 8.28. The van der Waals surface area contributed by atoms with Gasteiger partial charge in [0.1, 0.15) is 11.6 Å². The Morgan fingerprint density at radius 3 is 2.61 bits per heavy atom. The lowest BCUT2D eigenvalue weighted by Crippen LogP contribution is -2.44. The first kappa shape index (κ1) is 14.1. The molecular formula is C12H18N2O4. The first-order valence-corrected chi connectivity index (χ1v) is 5.62. The number of carboxylic acids is 1. The van der Waals surface area contributed by atoms with E-state index >= 15 is 0 Å². The Morgan fingerprint density at radius 2 is 2.17 bits per heavy atom. The summed E-state index contributed by atoms with van der Waals surface area (Å²) in [7, 11) is 0. The van der Waals surface area contributed by atoms with Gasteiger partial charge in [0.05, 0.1) is 0 Å². The van der Waals surface area contributed by atoms with Crippen molar-refractivity contribution in [3.63, 3.8) is 0 Å². The molecule has 1 heterocycles. The number of aliphatic carboxylic acids is 1. The van der Waals surface area contributed by atoms with Crippen LogP contribution < -0.4 is 5.32 Å². The Bertz CT molecular complexity index is 406. The fourth-order valence-corrected chi connectivity index (χ4v) is 1.36. The molecule has 1 aromatic rings. The molecule has 6 heteroatoms. The summed E-state index contributed by atoms with van der Waals surface area (Å²) < 4.78 is 5.01. The van der Waals surface area contributed by atoms with E-state index in [4.69, 9.17) is 9.84 Å². The standard InChI is InChI=1S/C12H18N2O4/c1-12(2,3)18-11(17)14-9(10(15)16)7-8-5-4-6-13-8/h4-6,9,13H,7H2,1-3H3,(H,14,17)(H,15,16)/t9-/m1/s1. The quantitative estimate of drug-likeness (QED) is 0.760. The number of amides is 1. The minimum Gasteiger partial charge on any atom is -0.480 e. The molecular weight excluding hydrogens is 236 g/mol. The molecule has 0 aliphatic heterocycles. The molecule has 1 rings (SSSR count). The second kappa shape index (κ2) is 5.57. The zero-order valence-corrected chi connectivity index (χ0v) is 10.7. The van der Waals surface area contributed by atoms with E-state index in [0.29, 0.717) is 0 Å². The van der Waals surface area contributed by atoms with Crippen molar-refractivity contribution in [3.8, 4) is 0 Å². The maximum absolute atomic E-state index is 11.5. The van der Waals surface area contributed by atoms with Crippen LogP contribution in [0.4, 0.5) is 4.79 Å². The van der Waals surface area contributed by atoms with Crippen molar-refractivity contribution >= 4 is 12.1 Å². The van der Waals surface area contributed by atoms with E-state index in [9.17, 15) is 9.59 Å². The second-order valence-corrected chi connectivity index (χ2v) is 4.94. The van der Waals surface area contributed by atoms with Gasteiger partial charge in [0.2, 0.25) is 0 Å². The Labute approximate surface area is 105 Å². The number of nitrogens with one attached hydrogen (secondary N) is 2. The van der Waals surface area contributed by atoms with Crippen LogP contribution in [0, 0.1) is 0 Å².